The van der Waals surface area contributed by atoms with Crippen molar-refractivity contribution in [3.63, 3.8) is 0 Å². The summed E-state index contributed by atoms with van der Waals surface area (Å²) >= 11 is 6.05. The molecule has 2 unspecified atom stereocenters. The van der Waals surface area contributed by atoms with E-state index in [1.54, 1.807) is 48.0 Å². The van der Waals surface area contributed by atoms with Crippen LogP contribution in [0.1, 0.15) is 32.3 Å². The van der Waals surface area contributed by atoms with Gasteiger partial charge in [-0.1, -0.05) is 43.1 Å². The van der Waals surface area contributed by atoms with E-state index in [0.29, 0.717) is 17.9 Å². The number of nitrogens with zero attached hydrogens (tertiary/aromatic N) is 4. The van der Waals surface area contributed by atoms with Crippen molar-refractivity contribution in [2.75, 3.05) is 16.8 Å². The number of alkyl halides is 3. The van der Waals surface area contributed by atoms with Crippen molar-refractivity contribution in [1.82, 2.24) is 9.13 Å². The molecule has 9 nitrogen and oxygen atoms in total. The summed E-state index contributed by atoms with van der Waals surface area (Å²) in [5.74, 6) is -0.174. The van der Waals surface area contributed by atoms with Crippen LogP contribution >= 0.6 is 11.6 Å². The maximum atomic E-state index is 13.9. The van der Waals surface area contributed by atoms with Crippen molar-refractivity contribution in [3.05, 3.63) is 80.0 Å². The van der Waals surface area contributed by atoms with Crippen molar-refractivity contribution in [3.8, 4) is 11.5 Å². The van der Waals surface area contributed by atoms with Gasteiger partial charge in [0.05, 0.1) is 12.1 Å². The smallest absolute Gasteiger partial charge is 0.452 e. The van der Waals surface area contributed by atoms with Gasteiger partial charge in [0.1, 0.15) is 23.0 Å². The Morgan fingerprint density at radius 3 is 2.33 bits per heavy atom. The second kappa shape index (κ2) is 11.1. The molecule has 3 aromatic rings. The molecule has 1 aliphatic heterocycles. The molecule has 1 aromatic heterocycles. The number of aromatic nitrogens is 2. The highest BCUT2D eigenvalue weighted by Gasteiger charge is 2.41. The van der Waals surface area contributed by atoms with Crippen LogP contribution in [0.15, 0.2) is 58.1 Å². The minimum absolute atomic E-state index is 0.0451. The Morgan fingerprint density at radius 1 is 1.05 bits per heavy atom. The number of aliphatic hydroxyl groups is 1. The SMILES string of the molecule is CCCC(C)(O)Cn1c(=O)c2c(n(C)c1=O)N(C)C(Oc1cccc(OC(F)(F)F)c1)N2Cc1ccc(Cl)cc1. The number of hydrogen-bond acceptors (Lipinski definition) is 7. The molecule has 0 radical (unpaired) electrons. The van der Waals surface area contributed by atoms with Crippen LogP contribution < -0.4 is 30.5 Å². The Morgan fingerprint density at radius 2 is 1.70 bits per heavy atom. The first kappa shape index (κ1) is 29.3. The summed E-state index contributed by atoms with van der Waals surface area (Å²) in [6.07, 6.45) is -4.90. The molecule has 2 heterocycles. The van der Waals surface area contributed by atoms with Gasteiger partial charge in [-0.3, -0.25) is 13.9 Å². The molecule has 216 valence electrons. The van der Waals surface area contributed by atoms with Gasteiger partial charge in [0.25, 0.3) is 11.9 Å². The predicted octanol–water partition coefficient (Wildman–Crippen LogP) is 4.47. The molecule has 1 N–H and O–H groups in total. The molecular weight excluding hydrogens is 553 g/mol. The van der Waals surface area contributed by atoms with E-state index in [-0.39, 0.29) is 30.3 Å². The van der Waals surface area contributed by atoms with Crippen LogP contribution in [-0.4, -0.2) is 39.6 Å². The average molecular weight is 583 g/mol. The molecule has 2 atom stereocenters. The molecule has 2 aromatic carbocycles. The van der Waals surface area contributed by atoms with Gasteiger partial charge in [-0.25, -0.2) is 4.79 Å². The molecule has 0 saturated heterocycles. The Bertz CT molecular complexity index is 1490. The summed E-state index contributed by atoms with van der Waals surface area (Å²) in [4.78, 5) is 30.4. The zero-order chi connectivity index (χ0) is 29.4. The van der Waals surface area contributed by atoms with Gasteiger partial charge in [-0.15, -0.1) is 13.2 Å². The number of halogens is 4. The van der Waals surface area contributed by atoms with E-state index in [9.17, 15) is 27.9 Å². The summed E-state index contributed by atoms with van der Waals surface area (Å²) in [7, 11) is 3.11. The van der Waals surface area contributed by atoms with Crippen molar-refractivity contribution < 1.29 is 27.8 Å². The Hall–Kier alpha value is -3.64. The minimum Gasteiger partial charge on any atom is -0.452 e. The predicted molar refractivity (Wildman–Crippen MR) is 145 cm³/mol. The van der Waals surface area contributed by atoms with Crippen LogP contribution in [0, 0.1) is 0 Å². The van der Waals surface area contributed by atoms with Crippen LogP contribution in [0.5, 0.6) is 11.5 Å². The highest BCUT2D eigenvalue weighted by atomic mass is 35.5. The second-order valence-corrected chi connectivity index (χ2v) is 10.4. The fourth-order valence-corrected chi connectivity index (χ4v) is 5.00. The molecule has 4 rings (SSSR count). The Balaban J connectivity index is 1.81. The van der Waals surface area contributed by atoms with Crippen LogP contribution in [0.2, 0.25) is 5.02 Å². The first-order valence-electron chi connectivity index (χ1n) is 12.5. The lowest BCUT2D eigenvalue weighted by Crippen LogP contribution is -2.47. The maximum absolute atomic E-state index is 13.9. The van der Waals surface area contributed by atoms with E-state index in [2.05, 4.69) is 4.74 Å². The number of fused-ring (bicyclic) bond motifs is 1. The van der Waals surface area contributed by atoms with Gasteiger partial charge in [0, 0.05) is 31.7 Å². The van der Waals surface area contributed by atoms with E-state index in [1.165, 1.54) is 23.7 Å². The third-order valence-electron chi connectivity index (χ3n) is 6.55. The van der Waals surface area contributed by atoms with Crippen LogP contribution in [0.25, 0.3) is 0 Å². The monoisotopic (exact) mass is 582 g/mol. The fraction of sp³-hybridized carbons (Fsp3) is 0.407. The van der Waals surface area contributed by atoms with Gasteiger partial charge in [0.2, 0.25) is 0 Å². The largest absolute Gasteiger partial charge is 0.573 e. The van der Waals surface area contributed by atoms with Crippen LogP contribution in [0.3, 0.4) is 0 Å². The molecular formula is C27H30ClF3N4O5. The molecule has 0 aliphatic carbocycles. The number of anilines is 2. The number of benzene rings is 2. The maximum Gasteiger partial charge on any atom is 0.573 e. The minimum atomic E-state index is -4.89. The molecule has 0 bridgehead atoms. The zero-order valence-corrected chi connectivity index (χ0v) is 23.2. The van der Waals surface area contributed by atoms with Gasteiger partial charge in [0.15, 0.2) is 0 Å². The van der Waals surface area contributed by atoms with Gasteiger partial charge in [-0.05, 0) is 43.2 Å². The summed E-state index contributed by atoms with van der Waals surface area (Å²) in [5, 5.41) is 11.3. The van der Waals surface area contributed by atoms with Gasteiger partial charge >= 0.3 is 12.1 Å². The number of ether oxygens (including phenoxy) is 2. The standard InChI is InChI=1S/C27H30ClF3N4O5/c1-5-13-26(2,38)16-35-23(36)21-22(32(3)24(35)37)33(4)25(34(21)15-17-9-11-18(28)12-10-17)39-19-7-6-8-20(14-19)40-27(29,30)31/h6-12,14,25,38H,5,13,15-16H2,1-4H3. The van der Waals surface area contributed by atoms with E-state index in [1.807, 2.05) is 6.92 Å². The first-order valence-corrected chi connectivity index (χ1v) is 12.9. The lowest BCUT2D eigenvalue weighted by Gasteiger charge is -2.30. The average Bonchev–Trinajstić information content (AvgIpc) is 3.12. The fourth-order valence-electron chi connectivity index (χ4n) is 4.87. The van der Waals surface area contributed by atoms with Gasteiger partial charge in [-0.2, -0.15) is 0 Å². The highest BCUT2D eigenvalue weighted by Crippen LogP contribution is 2.38. The molecule has 0 amide bonds. The topological polar surface area (TPSA) is 89.2 Å². The van der Waals surface area contributed by atoms with Crippen LogP contribution in [-0.2, 0) is 20.1 Å². The first-order chi connectivity index (χ1) is 18.7. The normalized spacial score (nSPS) is 16.6. The van der Waals surface area contributed by atoms with E-state index in [0.717, 1.165) is 22.3 Å². The lowest BCUT2D eigenvalue weighted by atomic mass is 10.0. The molecule has 1 aliphatic rings. The quantitative estimate of drug-likeness (QED) is 0.398. The molecule has 0 saturated carbocycles. The lowest BCUT2D eigenvalue weighted by molar-refractivity contribution is -0.274. The summed E-state index contributed by atoms with van der Waals surface area (Å²) in [6.45, 7) is 3.36. The third-order valence-corrected chi connectivity index (χ3v) is 6.80. The van der Waals surface area contributed by atoms with E-state index in [4.69, 9.17) is 16.3 Å². The summed E-state index contributed by atoms with van der Waals surface area (Å²) in [5.41, 5.74) is -1.67. The highest BCUT2D eigenvalue weighted by molar-refractivity contribution is 6.30. The Kier molecular flexibility index (Phi) is 8.13. The van der Waals surface area contributed by atoms with Crippen molar-refractivity contribution in [2.45, 2.75) is 58.1 Å². The van der Waals surface area contributed by atoms with Crippen molar-refractivity contribution >= 4 is 23.1 Å². The number of hydrogen-bond donors (Lipinski definition) is 1. The number of rotatable bonds is 9. The molecule has 40 heavy (non-hydrogen) atoms. The van der Waals surface area contributed by atoms with E-state index < -0.39 is 35.3 Å². The van der Waals surface area contributed by atoms with Crippen molar-refractivity contribution in [1.29, 1.82) is 0 Å². The van der Waals surface area contributed by atoms with Gasteiger partial charge < -0.3 is 24.4 Å². The molecule has 13 heteroatoms. The van der Waals surface area contributed by atoms with E-state index >= 15 is 0 Å². The zero-order valence-electron chi connectivity index (χ0n) is 22.4. The van der Waals surface area contributed by atoms with Crippen molar-refractivity contribution in [2.24, 2.45) is 7.05 Å². The summed E-state index contributed by atoms with van der Waals surface area (Å²) < 4.78 is 50.9. The second-order valence-electron chi connectivity index (χ2n) is 9.98. The molecule has 0 fully saturated rings. The summed E-state index contributed by atoms with van der Waals surface area (Å²) in [6, 6.07) is 11.9. The molecule has 0 spiro atoms. The van der Waals surface area contributed by atoms with Crippen LogP contribution in [0.4, 0.5) is 24.7 Å². The Labute approximate surface area is 233 Å². The third kappa shape index (κ3) is 6.23.